The second-order valence-electron chi connectivity index (χ2n) is 12.6. The molecular formula is C42H44O6. The highest BCUT2D eigenvalue weighted by atomic mass is 16.5. The van der Waals surface area contributed by atoms with Crippen LogP contribution < -0.4 is 18.9 Å². The lowest BCUT2D eigenvalue weighted by atomic mass is 9.80. The highest BCUT2D eigenvalue weighted by molar-refractivity contribution is 6.15. The summed E-state index contributed by atoms with van der Waals surface area (Å²) < 4.78 is 24.4. The van der Waals surface area contributed by atoms with E-state index < -0.39 is 0 Å². The van der Waals surface area contributed by atoms with E-state index in [2.05, 4.69) is 6.08 Å². The summed E-state index contributed by atoms with van der Waals surface area (Å²) in [7, 11) is 3.17. The van der Waals surface area contributed by atoms with Gasteiger partial charge in [-0.2, -0.15) is 0 Å². The Balaban J connectivity index is 1.52. The molecule has 1 fully saturated rings. The van der Waals surface area contributed by atoms with Crippen LogP contribution in [-0.2, 0) is 13.2 Å². The fraction of sp³-hybridized carbons (Fsp3) is 0.333. The molecule has 2 aliphatic rings. The van der Waals surface area contributed by atoms with Crippen molar-refractivity contribution in [2.45, 2.75) is 71.0 Å². The van der Waals surface area contributed by atoms with Crippen LogP contribution in [0.3, 0.4) is 0 Å². The number of benzene rings is 4. The average molecular weight is 645 g/mol. The van der Waals surface area contributed by atoms with Gasteiger partial charge in [-0.1, -0.05) is 86.0 Å². The van der Waals surface area contributed by atoms with Crippen LogP contribution in [0.25, 0.3) is 11.1 Å². The molecule has 0 aliphatic heterocycles. The standard InChI is InChI=1S/C42H44O6/c1-45-37-25-35(41(43)31-19-11-5-12-20-31)33(23-39(37)47-27-29-15-7-3-8-16-29)34-24-40(48-28-30-17-9-4-10-18-30)38(46-2)26-36(34)42(44)32-21-13-6-14-22-32/h3-4,7-10,15-19,23-26,32H,5-6,11-14,20-22,27-28H2,1-2H3. The van der Waals surface area contributed by atoms with Crippen molar-refractivity contribution in [3.63, 3.8) is 0 Å². The van der Waals surface area contributed by atoms with Gasteiger partial charge in [-0.15, -0.1) is 0 Å². The van der Waals surface area contributed by atoms with Crippen LogP contribution in [0.4, 0.5) is 0 Å². The molecule has 6 nitrogen and oxygen atoms in total. The molecule has 0 unspecified atom stereocenters. The molecule has 0 heterocycles. The number of Topliss-reactive ketones (excluding diaryl/α,β-unsaturated/α-hetero) is 2. The van der Waals surface area contributed by atoms with E-state index in [0.29, 0.717) is 58.5 Å². The largest absolute Gasteiger partial charge is 0.493 e. The van der Waals surface area contributed by atoms with E-state index in [1.165, 1.54) is 0 Å². The second kappa shape index (κ2) is 15.8. The predicted molar refractivity (Wildman–Crippen MR) is 188 cm³/mol. The molecular weight excluding hydrogens is 600 g/mol. The molecule has 0 saturated heterocycles. The zero-order valence-electron chi connectivity index (χ0n) is 28.0. The second-order valence-corrected chi connectivity index (χ2v) is 12.6. The van der Waals surface area contributed by atoms with Crippen molar-refractivity contribution in [2.75, 3.05) is 14.2 Å². The number of carbonyl (C=O) groups is 2. The smallest absolute Gasteiger partial charge is 0.189 e. The lowest BCUT2D eigenvalue weighted by Gasteiger charge is -2.24. The number of hydrogen-bond acceptors (Lipinski definition) is 6. The third-order valence-electron chi connectivity index (χ3n) is 9.44. The number of rotatable bonds is 13. The van der Waals surface area contributed by atoms with Crippen molar-refractivity contribution < 1.29 is 28.5 Å². The fourth-order valence-electron chi connectivity index (χ4n) is 6.77. The van der Waals surface area contributed by atoms with Gasteiger partial charge in [-0.25, -0.2) is 0 Å². The minimum atomic E-state index is -0.0921. The van der Waals surface area contributed by atoms with Crippen LogP contribution in [0, 0.1) is 5.92 Å². The Bertz CT molecular complexity index is 1750. The summed E-state index contributed by atoms with van der Waals surface area (Å²) in [5.41, 5.74) is 5.04. The van der Waals surface area contributed by atoms with Crippen LogP contribution in [0.15, 0.2) is 96.6 Å². The summed E-state index contributed by atoms with van der Waals surface area (Å²) in [5, 5.41) is 0. The first-order chi connectivity index (χ1) is 23.6. The first kappa shape index (κ1) is 33.1. The van der Waals surface area contributed by atoms with E-state index in [1.807, 2.05) is 72.8 Å². The number of hydrogen-bond donors (Lipinski definition) is 0. The summed E-state index contributed by atoms with van der Waals surface area (Å²) in [6.45, 7) is 0.635. The Morgan fingerprint density at radius 2 is 1.17 bits per heavy atom. The monoisotopic (exact) mass is 644 g/mol. The number of ether oxygens (including phenoxy) is 4. The average Bonchev–Trinajstić information content (AvgIpc) is 3.16. The van der Waals surface area contributed by atoms with Gasteiger partial charge >= 0.3 is 0 Å². The lowest BCUT2D eigenvalue weighted by Crippen LogP contribution is -2.19. The van der Waals surface area contributed by atoms with E-state index in [1.54, 1.807) is 26.4 Å². The maximum atomic E-state index is 14.4. The lowest BCUT2D eigenvalue weighted by molar-refractivity contribution is 0.0889. The molecule has 4 aromatic carbocycles. The van der Waals surface area contributed by atoms with Crippen LogP contribution in [0.5, 0.6) is 23.0 Å². The Morgan fingerprint density at radius 1 is 0.625 bits per heavy atom. The van der Waals surface area contributed by atoms with Crippen LogP contribution in [-0.4, -0.2) is 25.8 Å². The van der Waals surface area contributed by atoms with Gasteiger partial charge < -0.3 is 18.9 Å². The summed E-state index contributed by atoms with van der Waals surface area (Å²) in [4.78, 5) is 28.8. The van der Waals surface area contributed by atoms with Gasteiger partial charge in [0.1, 0.15) is 13.2 Å². The van der Waals surface area contributed by atoms with Crippen LogP contribution in [0.2, 0.25) is 0 Å². The first-order valence-corrected chi connectivity index (χ1v) is 17.1. The van der Waals surface area contributed by atoms with Crippen molar-refractivity contribution in [1.82, 2.24) is 0 Å². The van der Waals surface area contributed by atoms with Crippen molar-refractivity contribution in [2.24, 2.45) is 5.92 Å². The van der Waals surface area contributed by atoms with E-state index in [0.717, 1.165) is 74.5 Å². The predicted octanol–water partition coefficient (Wildman–Crippen LogP) is 9.97. The summed E-state index contributed by atoms with van der Waals surface area (Å²) >= 11 is 0. The van der Waals surface area contributed by atoms with Gasteiger partial charge in [-0.3, -0.25) is 9.59 Å². The molecule has 2 aliphatic carbocycles. The minimum Gasteiger partial charge on any atom is -0.493 e. The van der Waals surface area contributed by atoms with E-state index in [-0.39, 0.29) is 17.5 Å². The molecule has 248 valence electrons. The molecule has 0 aromatic heterocycles. The molecule has 0 atom stereocenters. The first-order valence-electron chi connectivity index (χ1n) is 17.1. The molecule has 0 radical (unpaired) electrons. The van der Waals surface area contributed by atoms with E-state index in [9.17, 15) is 9.59 Å². The summed E-state index contributed by atoms with van der Waals surface area (Å²) in [6.07, 6.45) is 10.6. The molecule has 48 heavy (non-hydrogen) atoms. The number of methoxy groups -OCH3 is 2. The fourth-order valence-corrected chi connectivity index (χ4v) is 6.77. The number of ketones is 2. The Morgan fingerprint density at radius 3 is 1.69 bits per heavy atom. The Hall–Kier alpha value is -4.84. The zero-order chi connectivity index (χ0) is 33.3. The van der Waals surface area contributed by atoms with Gasteiger partial charge in [0.15, 0.2) is 34.6 Å². The molecule has 1 saturated carbocycles. The highest BCUT2D eigenvalue weighted by Crippen LogP contribution is 2.44. The highest BCUT2D eigenvalue weighted by Gasteiger charge is 2.30. The third kappa shape index (κ3) is 7.65. The maximum absolute atomic E-state index is 14.4. The van der Waals surface area contributed by atoms with Gasteiger partial charge in [0.2, 0.25) is 0 Å². The minimum absolute atomic E-state index is 0.0590. The Labute approximate surface area is 283 Å². The van der Waals surface area contributed by atoms with Crippen LogP contribution >= 0.6 is 0 Å². The topological polar surface area (TPSA) is 71.1 Å². The van der Waals surface area contributed by atoms with Crippen molar-refractivity contribution in [3.8, 4) is 34.1 Å². The SMILES string of the molecule is COc1cc(C(=O)C2=CCCCC2)c(-c2cc(OCc3ccccc3)c(OC)cc2C(=O)C2CCCCC2)cc1OCc1ccccc1. The molecule has 4 aromatic rings. The van der Waals surface area contributed by atoms with Gasteiger partial charge in [0, 0.05) is 17.0 Å². The molecule has 0 spiro atoms. The molecule has 0 N–H and O–H groups in total. The van der Waals surface area contributed by atoms with Gasteiger partial charge in [0.25, 0.3) is 0 Å². The van der Waals surface area contributed by atoms with Crippen molar-refractivity contribution in [3.05, 3.63) is 119 Å². The third-order valence-corrected chi connectivity index (χ3v) is 9.44. The van der Waals surface area contributed by atoms with Crippen molar-refractivity contribution in [1.29, 1.82) is 0 Å². The molecule has 6 rings (SSSR count). The van der Waals surface area contributed by atoms with Gasteiger partial charge in [-0.05, 0) is 90.6 Å². The van der Waals surface area contributed by atoms with Gasteiger partial charge in [0.05, 0.1) is 14.2 Å². The quantitative estimate of drug-likeness (QED) is 0.135. The number of carbonyl (C=O) groups excluding carboxylic acids is 2. The van der Waals surface area contributed by atoms with E-state index >= 15 is 0 Å². The van der Waals surface area contributed by atoms with E-state index in [4.69, 9.17) is 18.9 Å². The van der Waals surface area contributed by atoms with Crippen LogP contribution in [0.1, 0.15) is 89.6 Å². The molecule has 0 bridgehead atoms. The maximum Gasteiger partial charge on any atom is 0.189 e. The number of allylic oxidation sites excluding steroid dienone is 2. The molecule has 6 heteroatoms. The zero-order valence-corrected chi connectivity index (χ0v) is 28.0. The summed E-state index contributed by atoms with van der Waals surface area (Å²) in [6, 6.07) is 27.1. The Kier molecular flexibility index (Phi) is 10.9. The molecule has 0 amide bonds. The normalized spacial score (nSPS) is 14.9. The summed E-state index contributed by atoms with van der Waals surface area (Å²) in [5.74, 6) is 1.84. The van der Waals surface area contributed by atoms with Crippen molar-refractivity contribution >= 4 is 11.6 Å².